The van der Waals surface area contributed by atoms with Gasteiger partial charge < -0.3 is 4.74 Å². The Hall–Kier alpha value is -2.70. The Morgan fingerprint density at radius 3 is 1.48 bits per heavy atom. The summed E-state index contributed by atoms with van der Waals surface area (Å²) in [5.74, 6) is -0.315. The minimum absolute atomic E-state index is 0.315. The van der Waals surface area contributed by atoms with Crippen molar-refractivity contribution in [3.63, 3.8) is 0 Å². The molecule has 27 heavy (non-hydrogen) atoms. The molecule has 0 spiro atoms. The van der Waals surface area contributed by atoms with Gasteiger partial charge in [-0.25, -0.2) is 4.79 Å². The van der Waals surface area contributed by atoms with Crippen LogP contribution in [0.15, 0.2) is 103 Å². The molecule has 0 saturated carbocycles. The topological polar surface area (TPSA) is 26.3 Å². The summed E-state index contributed by atoms with van der Waals surface area (Å²) in [4.78, 5) is 12.4. The van der Waals surface area contributed by atoms with E-state index in [1.807, 2.05) is 25.1 Å². The lowest BCUT2D eigenvalue weighted by Gasteiger charge is -2.28. The zero-order chi connectivity index (χ0) is 19.1. The highest BCUT2D eigenvalue weighted by molar-refractivity contribution is 7.95. The summed E-state index contributed by atoms with van der Waals surface area (Å²) in [6.07, 6.45) is 0.559. The second-order valence-electron chi connectivity index (χ2n) is 6.30. The Bertz CT molecular complexity index is 793. The molecule has 0 aromatic heterocycles. The van der Waals surface area contributed by atoms with Crippen LogP contribution >= 0.6 is 7.26 Å². The van der Waals surface area contributed by atoms with Crippen LogP contribution < -0.4 is 15.9 Å². The smallest absolute Gasteiger partial charge is 0.337 e. The molecule has 2 nitrogen and oxygen atoms in total. The average molecular weight is 375 g/mol. The molecule has 3 heteroatoms. The molecule has 0 radical (unpaired) electrons. The van der Waals surface area contributed by atoms with Gasteiger partial charge in [-0.05, 0) is 43.3 Å². The lowest BCUT2D eigenvalue weighted by Crippen LogP contribution is -2.34. The number of esters is 1. The number of rotatable bonds is 7. The van der Waals surface area contributed by atoms with Gasteiger partial charge in [-0.15, -0.1) is 0 Å². The van der Waals surface area contributed by atoms with E-state index in [0.29, 0.717) is 18.3 Å². The SMILES string of the molecule is C=C(C[P+](c1ccccc1)(c1ccccc1)c1ccccc1)C(=O)OCC. The molecule has 0 aliphatic rings. The van der Waals surface area contributed by atoms with Crippen molar-refractivity contribution in [2.24, 2.45) is 0 Å². The Balaban J connectivity index is 2.23. The predicted molar refractivity (Wildman–Crippen MR) is 116 cm³/mol. The van der Waals surface area contributed by atoms with E-state index in [0.717, 1.165) is 0 Å². The predicted octanol–water partition coefficient (Wildman–Crippen LogP) is 4.10. The van der Waals surface area contributed by atoms with Crippen LogP contribution in [0.1, 0.15) is 6.92 Å². The van der Waals surface area contributed by atoms with Crippen LogP contribution in [0.2, 0.25) is 0 Å². The number of ether oxygens (including phenoxy) is 1. The number of hydrogen-bond acceptors (Lipinski definition) is 2. The maximum absolute atomic E-state index is 12.4. The molecule has 136 valence electrons. The Morgan fingerprint density at radius 2 is 1.15 bits per heavy atom. The zero-order valence-corrected chi connectivity index (χ0v) is 16.4. The van der Waals surface area contributed by atoms with Crippen LogP contribution in [-0.4, -0.2) is 18.7 Å². The van der Waals surface area contributed by atoms with E-state index in [-0.39, 0.29) is 5.97 Å². The van der Waals surface area contributed by atoms with Crippen LogP contribution in [0.5, 0.6) is 0 Å². The molecule has 3 rings (SSSR count). The molecule has 3 aromatic carbocycles. The van der Waals surface area contributed by atoms with E-state index in [2.05, 4.69) is 79.4 Å². The highest BCUT2D eigenvalue weighted by Gasteiger charge is 2.46. The van der Waals surface area contributed by atoms with Crippen LogP contribution in [-0.2, 0) is 9.53 Å². The third-order valence-electron chi connectivity index (χ3n) is 4.58. The molecule has 0 heterocycles. The first kappa shape index (κ1) is 19.1. The normalized spacial score (nSPS) is 11.0. The molecule has 3 aromatic rings. The van der Waals surface area contributed by atoms with Gasteiger partial charge in [0, 0.05) is 0 Å². The molecule has 0 atom stereocenters. The summed E-state index contributed by atoms with van der Waals surface area (Å²) in [7, 11) is -2.09. The van der Waals surface area contributed by atoms with Crippen LogP contribution in [0, 0.1) is 0 Å². The fourth-order valence-electron chi connectivity index (χ4n) is 3.35. The van der Waals surface area contributed by atoms with Crippen LogP contribution in [0.4, 0.5) is 0 Å². The highest BCUT2D eigenvalue weighted by Crippen LogP contribution is 2.56. The summed E-state index contributed by atoms with van der Waals surface area (Å²) in [6, 6.07) is 31.4. The molecular weight excluding hydrogens is 351 g/mol. The highest BCUT2D eigenvalue weighted by atomic mass is 31.2. The van der Waals surface area contributed by atoms with Gasteiger partial charge in [-0.1, -0.05) is 61.2 Å². The van der Waals surface area contributed by atoms with E-state index >= 15 is 0 Å². The first-order valence-electron chi connectivity index (χ1n) is 9.08. The minimum Gasteiger partial charge on any atom is -0.463 e. The largest absolute Gasteiger partial charge is 0.463 e. The van der Waals surface area contributed by atoms with Crippen molar-refractivity contribution in [3.8, 4) is 0 Å². The second-order valence-corrected chi connectivity index (χ2v) is 9.78. The molecule has 0 N–H and O–H groups in total. The molecule has 0 unspecified atom stereocenters. The molecule has 0 amide bonds. The van der Waals surface area contributed by atoms with Crippen LogP contribution in [0.3, 0.4) is 0 Å². The van der Waals surface area contributed by atoms with Crippen LogP contribution in [0.25, 0.3) is 0 Å². The Labute approximate surface area is 161 Å². The minimum atomic E-state index is -2.09. The molecule has 0 bridgehead atoms. The standard InChI is InChI=1S/C24H24O2P/c1-3-26-24(25)20(2)19-27(21-13-7-4-8-14-21,22-15-9-5-10-16-22)23-17-11-6-12-18-23/h4-18H,2-3,19H2,1H3/q+1. The van der Waals surface area contributed by atoms with Gasteiger partial charge in [0.25, 0.3) is 0 Å². The fraction of sp³-hybridized carbons (Fsp3) is 0.125. The van der Waals surface area contributed by atoms with Crippen molar-refractivity contribution in [3.05, 3.63) is 103 Å². The lowest BCUT2D eigenvalue weighted by atomic mass is 10.3. The van der Waals surface area contributed by atoms with Crippen molar-refractivity contribution in [2.45, 2.75) is 6.92 Å². The first-order valence-corrected chi connectivity index (χ1v) is 11.1. The molecule has 0 aliphatic carbocycles. The fourth-order valence-corrected chi connectivity index (χ4v) is 7.54. The maximum Gasteiger partial charge on any atom is 0.337 e. The second kappa shape index (κ2) is 8.79. The van der Waals surface area contributed by atoms with E-state index in [9.17, 15) is 4.79 Å². The van der Waals surface area contributed by atoms with Crippen molar-refractivity contribution in [2.75, 3.05) is 12.8 Å². The average Bonchev–Trinajstić information content (AvgIpc) is 2.74. The summed E-state index contributed by atoms with van der Waals surface area (Å²) in [6.45, 7) is 6.26. The van der Waals surface area contributed by atoms with E-state index in [1.165, 1.54) is 15.9 Å². The number of benzene rings is 3. The van der Waals surface area contributed by atoms with Crippen molar-refractivity contribution < 1.29 is 9.53 Å². The van der Waals surface area contributed by atoms with E-state index < -0.39 is 7.26 Å². The third kappa shape index (κ3) is 4.02. The van der Waals surface area contributed by atoms with Gasteiger partial charge in [0.15, 0.2) is 0 Å². The van der Waals surface area contributed by atoms with Gasteiger partial charge in [0.2, 0.25) is 0 Å². The Kier molecular flexibility index (Phi) is 6.21. The van der Waals surface area contributed by atoms with Crippen molar-refractivity contribution in [1.82, 2.24) is 0 Å². The number of carbonyl (C=O) groups excluding carboxylic acids is 1. The summed E-state index contributed by atoms with van der Waals surface area (Å²) in [5, 5.41) is 3.69. The maximum atomic E-state index is 12.4. The monoisotopic (exact) mass is 375 g/mol. The van der Waals surface area contributed by atoms with Gasteiger partial charge in [0.1, 0.15) is 29.3 Å². The zero-order valence-electron chi connectivity index (χ0n) is 15.5. The molecule has 0 aliphatic heterocycles. The van der Waals surface area contributed by atoms with E-state index in [1.54, 1.807) is 0 Å². The number of carbonyl (C=O) groups is 1. The van der Waals surface area contributed by atoms with E-state index in [4.69, 9.17) is 4.74 Å². The summed E-state index contributed by atoms with van der Waals surface area (Å²) < 4.78 is 5.24. The summed E-state index contributed by atoms with van der Waals surface area (Å²) >= 11 is 0. The quantitative estimate of drug-likeness (QED) is 0.353. The van der Waals surface area contributed by atoms with Crippen molar-refractivity contribution >= 4 is 29.1 Å². The van der Waals surface area contributed by atoms with Crippen molar-refractivity contribution in [1.29, 1.82) is 0 Å². The first-order chi connectivity index (χ1) is 13.2. The Morgan fingerprint density at radius 1 is 0.778 bits per heavy atom. The molecular formula is C24H24O2P+. The van der Waals surface area contributed by atoms with Gasteiger partial charge in [0.05, 0.1) is 12.2 Å². The molecule has 0 saturated heterocycles. The third-order valence-corrected chi connectivity index (χ3v) is 8.98. The van der Waals surface area contributed by atoms with Gasteiger partial charge in [-0.2, -0.15) is 0 Å². The number of hydrogen-bond donors (Lipinski definition) is 0. The van der Waals surface area contributed by atoms with Gasteiger partial charge in [-0.3, -0.25) is 0 Å². The molecule has 0 fully saturated rings. The summed E-state index contributed by atoms with van der Waals surface area (Å²) in [5.41, 5.74) is 0.516. The van der Waals surface area contributed by atoms with Gasteiger partial charge >= 0.3 is 5.97 Å². The lowest BCUT2D eigenvalue weighted by molar-refractivity contribution is -0.138.